The SMILES string of the molecule is CNC(Cc1ccc2ccccc2n1)c1cncc(C)c1. The average molecular weight is 277 g/mol. The minimum atomic E-state index is 0.228. The number of hydrogen-bond acceptors (Lipinski definition) is 3. The Morgan fingerprint density at radius 2 is 1.95 bits per heavy atom. The second kappa shape index (κ2) is 6.02. The van der Waals surface area contributed by atoms with Crippen molar-refractivity contribution in [1.82, 2.24) is 15.3 Å². The summed E-state index contributed by atoms with van der Waals surface area (Å²) in [6, 6.07) is 14.9. The lowest BCUT2D eigenvalue weighted by atomic mass is 10.0. The fourth-order valence-electron chi connectivity index (χ4n) is 2.59. The van der Waals surface area contributed by atoms with Crippen LogP contribution in [0.4, 0.5) is 0 Å². The number of likely N-dealkylation sites (N-methyl/N-ethyl adjacent to an activating group) is 1. The molecule has 0 fully saturated rings. The summed E-state index contributed by atoms with van der Waals surface area (Å²) in [5.74, 6) is 0. The van der Waals surface area contributed by atoms with Crippen molar-refractivity contribution in [2.24, 2.45) is 0 Å². The van der Waals surface area contributed by atoms with Gasteiger partial charge in [0, 0.05) is 35.9 Å². The van der Waals surface area contributed by atoms with Gasteiger partial charge in [0.2, 0.25) is 0 Å². The Bertz CT molecular complexity index is 752. The Hall–Kier alpha value is -2.26. The standard InChI is InChI=1S/C18H19N3/c1-13-9-15(12-20-11-13)18(19-2)10-16-8-7-14-5-3-4-6-17(14)21-16/h3-9,11-12,18-19H,10H2,1-2H3. The van der Waals surface area contributed by atoms with E-state index in [9.17, 15) is 0 Å². The number of rotatable bonds is 4. The molecule has 0 amide bonds. The molecule has 0 bridgehead atoms. The van der Waals surface area contributed by atoms with E-state index in [-0.39, 0.29) is 6.04 Å². The van der Waals surface area contributed by atoms with E-state index in [1.165, 1.54) is 16.5 Å². The highest BCUT2D eigenvalue weighted by molar-refractivity contribution is 5.78. The predicted octanol–water partition coefficient (Wildman–Crippen LogP) is 3.44. The number of nitrogens with one attached hydrogen (secondary N) is 1. The second-order valence-corrected chi connectivity index (χ2v) is 5.34. The molecule has 1 aromatic carbocycles. The largest absolute Gasteiger partial charge is 0.313 e. The van der Waals surface area contributed by atoms with Crippen LogP contribution in [0, 0.1) is 6.92 Å². The maximum absolute atomic E-state index is 4.75. The van der Waals surface area contributed by atoms with Crippen molar-refractivity contribution in [3.05, 3.63) is 71.7 Å². The molecule has 0 aliphatic rings. The third-order valence-electron chi connectivity index (χ3n) is 3.72. The number of nitrogens with zero attached hydrogens (tertiary/aromatic N) is 2. The summed E-state index contributed by atoms with van der Waals surface area (Å²) < 4.78 is 0. The molecule has 0 radical (unpaired) electrons. The number of hydrogen-bond donors (Lipinski definition) is 1. The molecule has 0 saturated carbocycles. The fraction of sp³-hybridized carbons (Fsp3) is 0.222. The second-order valence-electron chi connectivity index (χ2n) is 5.34. The van der Waals surface area contributed by atoms with Crippen molar-refractivity contribution >= 4 is 10.9 Å². The molecule has 2 heterocycles. The van der Waals surface area contributed by atoms with E-state index in [0.717, 1.165) is 17.6 Å². The van der Waals surface area contributed by atoms with Crippen LogP contribution in [0.3, 0.4) is 0 Å². The van der Waals surface area contributed by atoms with Gasteiger partial charge in [-0.05, 0) is 37.2 Å². The van der Waals surface area contributed by atoms with Crippen LogP contribution in [0.2, 0.25) is 0 Å². The summed E-state index contributed by atoms with van der Waals surface area (Å²) in [6.45, 7) is 2.07. The third kappa shape index (κ3) is 3.09. The molecule has 3 rings (SSSR count). The fourth-order valence-corrected chi connectivity index (χ4v) is 2.59. The van der Waals surface area contributed by atoms with Gasteiger partial charge in [0.1, 0.15) is 0 Å². The first-order chi connectivity index (χ1) is 10.3. The summed E-state index contributed by atoms with van der Waals surface area (Å²) in [7, 11) is 1.98. The van der Waals surface area contributed by atoms with Crippen molar-refractivity contribution in [3.8, 4) is 0 Å². The number of aromatic nitrogens is 2. The zero-order valence-electron chi connectivity index (χ0n) is 12.4. The highest BCUT2D eigenvalue weighted by atomic mass is 14.9. The zero-order chi connectivity index (χ0) is 14.7. The number of fused-ring (bicyclic) bond motifs is 1. The van der Waals surface area contributed by atoms with Crippen molar-refractivity contribution in [2.75, 3.05) is 7.05 Å². The summed E-state index contributed by atoms with van der Waals surface area (Å²) in [5, 5.41) is 4.54. The molecule has 0 spiro atoms. The summed E-state index contributed by atoms with van der Waals surface area (Å²) in [5.41, 5.74) is 4.52. The molecule has 21 heavy (non-hydrogen) atoms. The summed E-state index contributed by atoms with van der Waals surface area (Å²) in [4.78, 5) is 9.03. The van der Waals surface area contributed by atoms with E-state index in [1.54, 1.807) is 0 Å². The third-order valence-corrected chi connectivity index (χ3v) is 3.72. The minimum absolute atomic E-state index is 0.228. The van der Waals surface area contributed by atoms with Crippen LogP contribution in [0.5, 0.6) is 0 Å². The van der Waals surface area contributed by atoms with E-state index in [4.69, 9.17) is 4.98 Å². The molecule has 3 heteroatoms. The lowest BCUT2D eigenvalue weighted by Crippen LogP contribution is -2.19. The van der Waals surface area contributed by atoms with E-state index in [2.05, 4.69) is 47.6 Å². The van der Waals surface area contributed by atoms with Crippen molar-refractivity contribution in [2.45, 2.75) is 19.4 Å². The van der Waals surface area contributed by atoms with Crippen LogP contribution in [0.15, 0.2) is 54.9 Å². The Balaban J connectivity index is 1.88. The van der Waals surface area contributed by atoms with Crippen LogP contribution in [0.25, 0.3) is 10.9 Å². The van der Waals surface area contributed by atoms with Gasteiger partial charge < -0.3 is 5.32 Å². The van der Waals surface area contributed by atoms with Crippen molar-refractivity contribution in [3.63, 3.8) is 0 Å². The molecule has 106 valence electrons. The number of benzene rings is 1. The van der Waals surface area contributed by atoms with Crippen LogP contribution in [0.1, 0.15) is 22.9 Å². The first-order valence-electron chi connectivity index (χ1n) is 7.20. The molecule has 0 saturated heterocycles. The van der Waals surface area contributed by atoms with Crippen LogP contribution >= 0.6 is 0 Å². The zero-order valence-corrected chi connectivity index (χ0v) is 12.4. The molecular formula is C18H19N3. The van der Waals surface area contributed by atoms with Gasteiger partial charge in [0.25, 0.3) is 0 Å². The minimum Gasteiger partial charge on any atom is -0.313 e. The van der Waals surface area contributed by atoms with E-state index < -0.39 is 0 Å². The summed E-state index contributed by atoms with van der Waals surface area (Å²) in [6.07, 6.45) is 4.66. The molecule has 0 aliphatic carbocycles. The first-order valence-corrected chi connectivity index (χ1v) is 7.20. The van der Waals surface area contributed by atoms with Crippen molar-refractivity contribution in [1.29, 1.82) is 0 Å². The quantitative estimate of drug-likeness (QED) is 0.794. The smallest absolute Gasteiger partial charge is 0.0705 e. The van der Waals surface area contributed by atoms with Gasteiger partial charge in [0.05, 0.1) is 5.52 Å². The average Bonchev–Trinajstić information content (AvgIpc) is 2.52. The van der Waals surface area contributed by atoms with Gasteiger partial charge in [-0.1, -0.05) is 30.3 Å². The highest BCUT2D eigenvalue weighted by Gasteiger charge is 2.12. The maximum atomic E-state index is 4.75. The Morgan fingerprint density at radius 3 is 2.76 bits per heavy atom. The molecule has 0 aliphatic heterocycles. The molecule has 3 nitrogen and oxygen atoms in total. The van der Waals surface area contributed by atoms with Gasteiger partial charge >= 0.3 is 0 Å². The van der Waals surface area contributed by atoms with Gasteiger partial charge in [-0.2, -0.15) is 0 Å². The number of pyridine rings is 2. The van der Waals surface area contributed by atoms with E-state index in [1.807, 2.05) is 31.6 Å². The van der Waals surface area contributed by atoms with Gasteiger partial charge in [0.15, 0.2) is 0 Å². The van der Waals surface area contributed by atoms with Crippen molar-refractivity contribution < 1.29 is 0 Å². The van der Waals surface area contributed by atoms with Crippen LogP contribution in [-0.4, -0.2) is 17.0 Å². The lowest BCUT2D eigenvalue weighted by molar-refractivity contribution is 0.583. The normalized spacial score (nSPS) is 12.5. The predicted molar refractivity (Wildman–Crippen MR) is 86.2 cm³/mol. The lowest BCUT2D eigenvalue weighted by Gasteiger charge is -2.16. The van der Waals surface area contributed by atoms with Gasteiger partial charge in [-0.15, -0.1) is 0 Å². The van der Waals surface area contributed by atoms with Crippen LogP contribution < -0.4 is 5.32 Å². The molecule has 1 atom stereocenters. The summed E-state index contributed by atoms with van der Waals surface area (Å²) >= 11 is 0. The Labute approximate surface area is 125 Å². The maximum Gasteiger partial charge on any atom is 0.0705 e. The molecule has 1 N–H and O–H groups in total. The topological polar surface area (TPSA) is 37.8 Å². The van der Waals surface area contributed by atoms with Gasteiger partial charge in [-0.25, -0.2) is 0 Å². The molecular weight excluding hydrogens is 258 g/mol. The molecule has 1 unspecified atom stereocenters. The Morgan fingerprint density at radius 1 is 1.10 bits per heavy atom. The number of para-hydroxylation sites is 1. The number of aryl methyl sites for hydroxylation is 1. The molecule has 3 aromatic rings. The van der Waals surface area contributed by atoms with Gasteiger partial charge in [-0.3, -0.25) is 9.97 Å². The Kier molecular flexibility index (Phi) is 3.93. The van der Waals surface area contributed by atoms with E-state index in [0.29, 0.717) is 0 Å². The molecule has 2 aromatic heterocycles. The highest BCUT2D eigenvalue weighted by Crippen LogP contribution is 2.19. The first kappa shape index (κ1) is 13.7. The monoisotopic (exact) mass is 277 g/mol. The van der Waals surface area contributed by atoms with Crippen LogP contribution in [-0.2, 0) is 6.42 Å². The van der Waals surface area contributed by atoms with E-state index >= 15 is 0 Å².